The fourth-order valence-electron chi connectivity index (χ4n) is 3.72. The Morgan fingerprint density at radius 1 is 1.21 bits per heavy atom. The number of likely N-dealkylation sites (tertiary alicyclic amines) is 1. The second-order valence-electron chi connectivity index (χ2n) is 7.34. The van der Waals surface area contributed by atoms with Crippen molar-refractivity contribution < 1.29 is 14.3 Å². The van der Waals surface area contributed by atoms with Crippen LogP contribution in [0.4, 0.5) is 0 Å². The van der Waals surface area contributed by atoms with Crippen LogP contribution in [0.1, 0.15) is 25.3 Å². The monoisotopic (exact) mass is 410 g/mol. The number of hydrogen-bond acceptors (Lipinski definition) is 6. The first-order valence-corrected chi connectivity index (χ1v) is 11.0. The summed E-state index contributed by atoms with van der Waals surface area (Å²) in [7, 11) is 0. The van der Waals surface area contributed by atoms with Crippen molar-refractivity contribution in [3.8, 4) is 10.9 Å². The molecule has 152 valence electrons. The summed E-state index contributed by atoms with van der Waals surface area (Å²) in [5.74, 6) is 0.773. The lowest BCUT2D eigenvalue weighted by Gasteiger charge is -2.31. The van der Waals surface area contributed by atoms with Gasteiger partial charge in [-0.05, 0) is 62.6 Å². The number of thiazole rings is 1. The molecule has 1 unspecified atom stereocenters. The number of carbonyl (C=O) groups is 1. The molecule has 0 spiro atoms. The van der Waals surface area contributed by atoms with Gasteiger partial charge in [0.15, 0.2) is 0 Å². The van der Waals surface area contributed by atoms with Crippen LogP contribution in [0.15, 0.2) is 48.5 Å². The normalized spacial score (nSPS) is 17.3. The second-order valence-corrected chi connectivity index (χ2v) is 8.33. The molecule has 0 saturated carbocycles. The minimum absolute atomic E-state index is 0.0216. The Labute approximate surface area is 175 Å². The van der Waals surface area contributed by atoms with Gasteiger partial charge >= 0.3 is 5.97 Å². The van der Waals surface area contributed by atoms with Crippen LogP contribution < -0.4 is 4.74 Å². The van der Waals surface area contributed by atoms with E-state index in [0.29, 0.717) is 11.8 Å². The van der Waals surface area contributed by atoms with E-state index in [4.69, 9.17) is 9.47 Å². The van der Waals surface area contributed by atoms with E-state index in [2.05, 4.69) is 28.1 Å². The molecule has 0 bridgehead atoms. The Kier molecular flexibility index (Phi) is 6.42. The molecule has 0 aliphatic carbocycles. The predicted octanol–water partition coefficient (Wildman–Crippen LogP) is 4.91. The molecule has 1 saturated heterocycles. The topological polar surface area (TPSA) is 51.7 Å². The highest BCUT2D eigenvalue weighted by atomic mass is 32.1. The van der Waals surface area contributed by atoms with Crippen molar-refractivity contribution in [1.82, 2.24) is 9.88 Å². The molecule has 1 atom stereocenters. The Bertz CT molecular complexity index is 921. The minimum atomic E-state index is -0.0476. The smallest absolute Gasteiger partial charge is 0.310 e. The highest BCUT2D eigenvalue weighted by molar-refractivity contribution is 7.20. The van der Waals surface area contributed by atoms with Crippen molar-refractivity contribution in [2.75, 3.05) is 26.2 Å². The Morgan fingerprint density at radius 3 is 2.83 bits per heavy atom. The van der Waals surface area contributed by atoms with E-state index in [0.717, 1.165) is 54.9 Å². The van der Waals surface area contributed by atoms with Crippen molar-refractivity contribution in [3.05, 3.63) is 54.1 Å². The molecule has 0 amide bonds. The third-order valence-corrected chi connectivity index (χ3v) is 6.16. The van der Waals surface area contributed by atoms with E-state index in [1.54, 1.807) is 11.3 Å². The van der Waals surface area contributed by atoms with E-state index < -0.39 is 0 Å². The molecular formula is C23H26N2O3S. The standard InChI is InChI=1S/C23H26N2O3S/c1-2-27-22(26)18-6-5-14-25(16-18)15-13-17-9-11-19(12-10-17)28-23-24-20-7-3-4-8-21(20)29-23/h3-4,7-12,18H,2,5-6,13-16H2,1H3. The molecule has 1 aliphatic heterocycles. The largest absolute Gasteiger partial charge is 0.466 e. The zero-order valence-corrected chi connectivity index (χ0v) is 17.5. The van der Waals surface area contributed by atoms with Crippen LogP contribution in [0, 0.1) is 5.92 Å². The third-order valence-electron chi connectivity index (χ3n) is 5.24. The average molecular weight is 411 g/mol. The highest BCUT2D eigenvalue weighted by Gasteiger charge is 2.26. The van der Waals surface area contributed by atoms with Crippen molar-refractivity contribution in [1.29, 1.82) is 0 Å². The molecule has 0 radical (unpaired) electrons. The summed E-state index contributed by atoms with van der Waals surface area (Å²) in [6, 6.07) is 16.3. The first-order valence-electron chi connectivity index (χ1n) is 10.2. The Morgan fingerprint density at radius 2 is 2.03 bits per heavy atom. The van der Waals surface area contributed by atoms with Crippen LogP contribution in [0.3, 0.4) is 0 Å². The summed E-state index contributed by atoms with van der Waals surface area (Å²) in [5, 5.41) is 0.664. The SMILES string of the molecule is CCOC(=O)C1CCCN(CCc2ccc(Oc3nc4ccccc4s3)cc2)C1. The summed E-state index contributed by atoms with van der Waals surface area (Å²) in [6.45, 7) is 5.13. The van der Waals surface area contributed by atoms with Crippen LogP contribution in [0.2, 0.25) is 0 Å². The zero-order chi connectivity index (χ0) is 20.1. The molecule has 0 N–H and O–H groups in total. The third kappa shape index (κ3) is 5.14. The first-order chi connectivity index (χ1) is 14.2. The summed E-state index contributed by atoms with van der Waals surface area (Å²) < 4.78 is 12.2. The fraction of sp³-hybridized carbons (Fsp3) is 0.391. The number of aromatic nitrogens is 1. The van der Waals surface area contributed by atoms with Gasteiger partial charge in [0.25, 0.3) is 5.19 Å². The summed E-state index contributed by atoms with van der Waals surface area (Å²) in [5.41, 5.74) is 2.23. The maximum Gasteiger partial charge on any atom is 0.310 e. The van der Waals surface area contributed by atoms with Crippen molar-refractivity contribution in [2.24, 2.45) is 5.92 Å². The number of fused-ring (bicyclic) bond motifs is 1. The Balaban J connectivity index is 1.29. The molecule has 1 aliphatic rings. The number of piperidine rings is 1. The van der Waals surface area contributed by atoms with Crippen molar-refractivity contribution >= 4 is 27.5 Å². The second kappa shape index (κ2) is 9.37. The van der Waals surface area contributed by atoms with Gasteiger partial charge in [-0.25, -0.2) is 4.98 Å². The number of benzene rings is 2. The predicted molar refractivity (Wildman–Crippen MR) is 116 cm³/mol. The van der Waals surface area contributed by atoms with E-state index in [-0.39, 0.29) is 11.9 Å². The van der Waals surface area contributed by atoms with Crippen molar-refractivity contribution in [3.63, 3.8) is 0 Å². The van der Waals surface area contributed by atoms with Gasteiger partial charge in [0.2, 0.25) is 0 Å². The Hall–Kier alpha value is -2.44. The number of ether oxygens (including phenoxy) is 2. The van der Waals surface area contributed by atoms with Crippen LogP contribution in [-0.4, -0.2) is 42.1 Å². The number of nitrogens with zero attached hydrogens (tertiary/aromatic N) is 2. The zero-order valence-electron chi connectivity index (χ0n) is 16.7. The molecule has 5 nitrogen and oxygen atoms in total. The van der Waals surface area contributed by atoms with E-state index >= 15 is 0 Å². The van der Waals surface area contributed by atoms with Gasteiger partial charge in [-0.3, -0.25) is 4.79 Å². The number of esters is 1. The summed E-state index contributed by atoms with van der Waals surface area (Å²) >= 11 is 1.55. The van der Waals surface area contributed by atoms with Crippen LogP contribution >= 0.6 is 11.3 Å². The van der Waals surface area contributed by atoms with Gasteiger partial charge < -0.3 is 14.4 Å². The maximum atomic E-state index is 12.0. The maximum absolute atomic E-state index is 12.0. The van der Waals surface area contributed by atoms with Crippen LogP contribution in [0.25, 0.3) is 10.2 Å². The lowest BCUT2D eigenvalue weighted by atomic mass is 9.98. The first kappa shape index (κ1) is 19.9. The van der Waals surface area contributed by atoms with Gasteiger partial charge in [-0.1, -0.05) is 35.6 Å². The van der Waals surface area contributed by atoms with Crippen LogP contribution in [0.5, 0.6) is 10.9 Å². The number of hydrogen-bond donors (Lipinski definition) is 0. The van der Waals surface area contributed by atoms with E-state index in [1.165, 1.54) is 5.56 Å². The number of carbonyl (C=O) groups excluding carboxylic acids is 1. The van der Waals surface area contributed by atoms with Crippen LogP contribution in [-0.2, 0) is 16.0 Å². The molecule has 4 rings (SSSR count). The van der Waals surface area contributed by atoms with Gasteiger partial charge in [-0.2, -0.15) is 0 Å². The molecule has 2 heterocycles. The number of rotatable bonds is 7. The lowest BCUT2D eigenvalue weighted by molar-refractivity contribution is -0.149. The van der Waals surface area contributed by atoms with Crippen molar-refractivity contribution in [2.45, 2.75) is 26.2 Å². The minimum Gasteiger partial charge on any atom is -0.466 e. The lowest BCUT2D eigenvalue weighted by Crippen LogP contribution is -2.40. The molecule has 1 fully saturated rings. The van der Waals surface area contributed by atoms with Gasteiger partial charge in [0, 0.05) is 13.1 Å². The summed E-state index contributed by atoms with van der Waals surface area (Å²) in [6.07, 6.45) is 2.95. The van der Waals surface area contributed by atoms with Gasteiger partial charge in [-0.15, -0.1) is 0 Å². The number of para-hydroxylation sites is 1. The molecule has 1 aromatic heterocycles. The molecule has 2 aromatic carbocycles. The van der Waals surface area contributed by atoms with Gasteiger partial charge in [0.05, 0.1) is 22.7 Å². The fourth-order valence-corrected chi connectivity index (χ4v) is 4.55. The average Bonchev–Trinajstić information content (AvgIpc) is 3.16. The molecular weight excluding hydrogens is 384 g/mol. The summed E-state index contributed by atoms with van der Waals surface area (Å²) in [4.78, 5) is 18.9. The molecule has 6 heteroatoms. The molecule has 29 heavy (non-hydrogen) atoms. The highest BCUT2D eigenvalue weighted by Crippen LogP contribution is 2.31. The molecule has 3 aromatic rings. The quantitative estimate of drug-likeness (QED) is 0.518. The van der Waals surface area contributed by atoms with E-state index in [9.17, 15) is 4.79 Å². The van der Waals surface area contributed by atoms with E-state index in [1.807, 2.05) is 37.3 Å². The van der Waals surface area contributed by atoms with Gasteiger partial charge in [0.1, 0.15) is 5.75 Å².